The van der Waals surface area contributed by atoms with Gasteiger partial charge in [0.25, 0.3) is 0 Å². The Bertz CT molecular complexity index is 651. The lowest BCUT2D eigenvalue weighted by molar-refractivity contribution is -0.121. The highest BCUT2D eigenvalue weighted by Crippen LogP contribution is 2.37. The van der Waals surface area contributed by atoms with Crippen LogP contribution in [0.15, 0.2) is 12.1 Å². The quantitative estimate of drug-likeness (QED) is 0.844. The smallest absolute Gasteiger partial charge is 0.238 e. The third kappa shape index (κ3) is 3.68. The largest absolute Gasteiger partial charge is 0.454 e. The fourth-order valence-corrected chi connectivity index (χ4v) is 3.14. The molecule has 24 heavy (non-hydrogen) atoms. The van der Waals surface area contributed by atoms with E-state index in [1.165, 1.54) is 6.92 Å². The Balaban J connectivity index is 1.71. The van der Waals surface area contributed by atoms with Gasteiger partial charge in [-0.15, -0.1) is 0 Å². The maximum atomic E-state index is 12.4. The van der Waals surface area contributed by atoms with Crippen LogP contribution < -0.4 is 14.8 Å². The van der Waals surface area contributed by atoms with E-state index in [0.29, 0.717) is 35.8 Å². The van der Waals surface area contributed by atoms with Gasteiger partial charge in [-0.1, -0.05) is 0 Å². The summed E-state index contributed by atoms with van der Waals surface area (Å²) >= 11 is 0. The van der Waals surface area contributed by atoms with E-state index in [4.69, 9.17) is 14.2 Å². The summed E-state index contributed by atoms with van der Waals surface area (Å²) in [6, 6.07) is 3.25. The Labute approximate surface area is 140 Å². The van der Waals surface area contributed by atoms with Crippen molar-refractivity contribution in [1.29, 1.82) is 0 Å². The van der Waals surface area contributed by atoms with E-state index < -0.39 is 0 Å². The first-order valence-corrected chi connectivity index (χ1v) is 8.04. The molecule has 3 rings (SSSR count). The third-order valence-corrected chi connectivity index (χ3v) is 4.03. The van der Waals surface area contributed by atoms with Crippen LogP contribution in [0.4, 0.5) is 5.69 Å². The highest BCUT2D eigenvalue weighted by Gasteiger charge is 2.25. The van der Waals surface area contributed by atoms with Gasteiger partial charge < -0.3 is 19.5 Å². The van der Waals surface area contributed by atoms with Crippen LogP contribution in [0, 0.1) is 0 Å². The number of fused-ring (bicyclic) bond motifs is 1. The summed E-state index contributed by atoms with van der Waals surface area (Å²) < 4.78 is 16.3. The van der Waals surface area contributed by atoms with Crippen LogP contribution in [-0.4, -0.2) is 55.2 Å². The van der Waals surface area contributed by atoms with Gasteiger partial charge in [-0.2, -0.15) is 0 Å². The molecule has 1 saturated heterocycles. The Morgan fingerprint density at radius 3 is 2.42 bits per heavy atom. The second-order valence-corrected chi connectivity index (χ2v) is 6.31. The molecule has 7 nitrogen and oxygen atoms in total. The second-order valence-electron chi connectivity index (χ2n) is 6.31. The number of ether oxygens (including phenoxy) is 3. The minimum Gasteiger partial charge on any atom is -0.454 e. The Kier molecular flexibility index (Phi) is 4.73. The molecule has 2 atom stereocenters. The van der Waals surface area contributed by atoms with Gasteiger partial charge in [0.2, 0.25) is 12.7 Å². The Hall–Kier alpha value is -2.12. The van der Waals surface area contributed by atoms with Crippen LogP contribution in [0.25, 0.3) is 0 Å². The molecule has 1 fully saturated rings. The van der Waals surface area contributed by atoms with Crippen molar-refractivity contribution in [3.05, 3.63) is 17.7 Å². The molecule has 1 N–H and O–H groups in total. The van der Waals surface area contributed by atoms with Crippen molar-refractivity contribution < 1.29 is 23.8 Å². The van der Waals surface area contributed by atoms with Crippen molar-refractivity contribution in [1.82, 2.24) is 4.90 Å². The van der Waals surface area contributed by atoms with Crippen molar-refractivity contribution in [2.24, 2.45) is 0 Å². The molecule has 0 unspecified atom stereocenters. The predicted molar refractivity (Wildman–Crippen MR) is 87.6 cm³/mol. The summed E-state index contributed by atoms with van der Waals surface area (Å²) in [6.07, 6.45) is 0.194. The van der Waals surface area contributed by atoms with Gasteiger partial charge in [-0.25, -0.2) is 0 Å². The number of nitrogens with one attached hydrogen (secondary N) is 1. The lowest BCUT2D eigenvalue weighted by Gasteiger charge is -2.34. The van der Waals surface area contributed by atoms with E-state index in [2.05, 4.69) is 10.2 Å². The number of hydrogen-bond donors (Lipinski definition) is 1. The molecule has 0 bridgehead atoms. The molecule has 1 aromatic rings. The molecule has 1 amide bonds. The highest BCUT2D eigenvalue weighted by atomic mass is 16.7. The van der Waals surface area contributed by atoms with Gasteiger partial charge >= 0.3 is 0 Å². The van der Waals surface area contributed by atoms with Gasteiger partial charge in [-0.3, -0.25) is 14.5 Å². The van der Waals surface area contributed by atoms with E-state index >= 15 is 0 Å². The summed E-state index contributed by atoms with van der Waals surface area (Å²) in [5.41, 5.74) is 0.863. The Morgan fingerprint density at radius 1 is 1.17 bits per heavy atom. The molecule has 0 aliphatic carbocycles. The molecular formula is C17H22N2O5. The van der Waals surface area contributed by atoms with E-state index in [0.717, 1.165) is 0 Å². The minimum atomic E-state index is -0.169. The van der Waals surface area contributed by atoms with E-state index in [9.17, 15) is 9.59 Å². The van der Waals surface area contributed by atoms with Crippen molar-refractivity contribution in [3.63, 3.8) is 0 Å². The maximum absolute atomic E-state index is 12.4. The second kappa shape index (κ2) is 6.78. The molecule has 0 saturated carbocycles. The number of nitrogens with zero attached hydrogens (tertiary/aromatic N) is 1. The fraction of sp³-hybridized carbons (Fsp3) is 0.529. The van der Waals surface area contributed by atoms with Gasteiger partial charge in [0.1, 0.15) is 0 Å². The first kappa shape index (κ1) is 16.7. The Morgan fingerprint density at radius 2 is 1.79 bits per heavy atom. The topological polar surface area (TPSA) is 77.1 Å². The molecule has 2 aliphatic rings. The molecule has 2 heterocycles. The zero-order valence-corrected chi connectivity index (χ0v) is 14.1. The SMILES string of the molecule is CC(=O)c1cc2c(cc1NC(=O)CN1C[C@@H](C)O[C@H](C)C1)OCO2. The molecule has 2 aliphatic heterocycles. The first-order chi connectivity index (χ1) is 11.4. The zero-order valence-electron chi connectivity index (χ0n) is 14.1. The summed E-state index contributed by atoms with van der Waals surface area (Å²) in [4.78, 5) is 26.3. The molecule has 0 spiro atoms. The number of rotatable bonds is 4. The van der Waals surface area contributed by atoms with Gasteiger partial charge in [0, 0.05) is 24.7 Å². The van der Waals surface area contributed by atoms with Crippen LogP contribution in [0.1, 0.15) is 31.1 Å². The number of benzene rings is 1. The maximum Gasteiger partial charge on any atom is 0.238 e. The molecule has 0 radical (unpaired) electrons. The monoisotopic (exact) mass is 334 g/mol. The predicted octanol–water partition coefficient (Wildman–Crippen LogP) is 1.67. The van der Waals surface area contributed by atoms with E-state index in [-0.39, 0.29) is 37.2 Å². The fourth-order valence-electron chi connectivity index (χ4n) is 3.14. The molecule has 130 valence electrons. The van der Waals surface area contributed by atoms with Crippen molar-refractivity contribution in [2.75, 3.05) is 31.7 Å². The van der Waals surface area contributed by atoms with Crippen LogP contribution in [-0.2, 0) is 9.53 Å². The number of amides is 1. The third-order valence-electron chi connectivity index (χ3n) is 4.03. The van der Waals surface area contributed by atoms with Crippen LogP contribution >= 0.6 is 0 Å². The average Bonchev–Trinajstić information content (AvgIpc) is 2.92. The minimum absolute atomic E-state index is 0.0971. The van der Waals surface area contributed by atoms with Gasteiger partial charge in [-0.05, 0) is 26.8 Å². The highest BCUT2D eigenvalue weighted by molar-refractivity contribution is 6.05. The molecular weight excluding hydrogens is 312 g/mol. The van der Waals surface area contributed by atoms with E-state index in [1.807, 2.05) is 13.8 Å². The number of carbonyl (C=O) groups is 2. The summed E-state index contributed by atoms with van der Waals surface area (Å²) in [6.45, 7) is 7.23. The number of morpholine rings is 1. The van der Waals surface area contributed by atoms with Gasteiger partial charge in [0.05, 0.1) is 24.4 Å². The van der Waals surface area contributed by atoms with Crippen LogP contribution in [0.5, 0.6) is 11.5 Å². The lowest BCUT2D eigenvalue weighted by atomic mass is 10.1. The van der Waals surface area contributed by atoms with E-state index in [1.54, 1.807) is 12.1 Å². The standard InChI is InChI=1S/C17H22N2O5/c1-10-6-19(7-11(2)24-10)8-17(21)18-14-5-16-15(22-9-23-16)4-13(14)12(3)20/h4-5,10-11H,6-9H2,1-3H3,(H,18,21)/t10-,11-/m1/s1. The number of carbonyl (C=O) groups excluding carboxylic acids is 2. The summed E-state index contributed by atoms with van der Waals surface area (Å²) in [5.74, 6) is 0.743. The molecule has 1 aromatic carbocycles. The number of anilines is 1. The molecule has 0 aromatic heterocycles. The van der Waals surface area contributed by atoms with Gasteiger partial charge in [0.15, 0.2) is 17.3 Å². The normalized spacial score (nSPS) is 23.1. The summed E-state index contributed by atoms with van der Waals surface area (Å²) in [7, 11) is 0. The average molecular weight is 334 g/mol. The zero-order chi connectivity index (χ0) is 17.3. The lowest BCUT2D eigenvalue weighted by Crippen LogP contribution is -2.48. The number of Topliss-reactive ketones (excluding diaryl/α,β-unsaturated/α-hetero) is 1. The van der Waals surface area contributed by atoms with Crippen molar-refractivity contribution in [3.8, 4) is 11.5 Å². The number of ketones is 1. The number of hydrogen-bond acceptors (Lipinski definition) is 6. The molecule has 7 heteroatoms. The summed E-state index contributed by atoms with van der Waals surface area (Å²) in [5, 5.41) is 2.82. The first-order valence-electron chi connectivity index (χ1n) is 8.04. The van der Waals surface area contributed by atoms with Crippen molar-refractivity contribution >= 4 is 17.4 Å². The van der Waals surface area contributed by atoms with Crippen LogP contribution in [0.3, 0.4) is 0 Å². The van der Waals surface area contributed by atoms with Crippen LogP contribution in [0.2, 0.25) is 0 Å². The van der Waals surface area contributed by atoms with Crippen molar-refractivity contribution in [2.45, 2.75) is 33.0 Å².